The Balaban J connectivity index is 1.24. The summed E-state index contributed by atoms with van der Waals surface area (Å²) in [5, 5.41) is 10.9. The number of benzene rings is 2. The minimum Gasteiger partial charge on any atom is -0.492 e. The van der Waals surface area contributed by atoms with Gasteiger partial charge < -0.3 is 19.9 Å². The van der Waals surface area contributed by atoms with Crippen LogP contribution >= 0.6 is 0 Å². The Bertz CT molecular complexity index is 1400. The fourth-order valence-electron chi connectivity index (χ4n) is 4.33. The van der Waals surface area contributed by atoms with Crippen molar-refractivity contribution in [3.8, 4) is 16.9 Å². The number of aromatic nitrogens is 4. The molecule has 5 rings (SSSR count). The molecule has 0 aliphatic carbocycles. The van der Waals surface area contributed by atoms with Gasteiger partial charge in [0.05, 0.1) is 6.54 Å². The SMILES string of the molecule is Cc1ccc(OCCN2CCCC2=O)cc1-c1ccnc(NC(=O)c2nnc(Cc3ccccc3)[nH]2)c1. The molecule has 37 heavy (non-hydrogen) atoms. The number of aromatic amines is 1. The van der Waals surface area contributed by atoms with E-state index in [1.54, 1.807) is 6.20 Å². The summed E-state index contributed by atoms with van der Waals surface area (Å²) in [5.41, 5.74) is 4.00. The molecule has 0 bridgehead atoms. The highest BCUT2D eigenvalue weighted by atomic mass is 16.5. The predicted molar refractivity (Wildman–Crippen MR) is 139 cm³/mol. The number of anilines is 1. The van der Waals surface area contributed by atoms with Gasteiger partial charge in [0.25, 0.3) is 5.91 Å². The first kappa shape index (κ1) is 24.2. The number of ether oxygens (including phenoxy) is 1. The number of pyridine rings is 1. The molecule has 1 saturated heterocycles. The van der Waals surface area contributed by atoms with E-state index in [2.05, 4.69) is 25.5 Å². The van der Waals surface area contributed by atoms with Crippen LogP contribution in [0.3, 0.4) is 0 Å². The molecule has 2 amide bonds. The molecular formula is C28H28N6O3. The maximum atomic E-state index is 12.8. The van der Waals surface area contributed by atoms with Crippen LogP contribution < -0.4 is 10.1 Å². The third kappa shape index (κ3) is 6.00. The molecule has 0 saturated carbocycles. The number of rotatable bonds is 9. The number of aryl methyl sites for hydroxylation is 1. The van der Waals surface area contributed by atoms with Gasteiger partial charge in [-0.2, -0.15) is 0 Å². The average Bonchev–Trinajstić information content (AvgIpc) is 3.55. The first-order valence-electron chi connectivity index (χ1n) is 12.3. The van der Waals surface area contributed by atoms with Gasteiger partial charge in [-0.1, -0.05) is 36.4 Å². The van der Waals surface area contributed by atoms with Crippen molar-refractivity contribution in [1.29, 1.82) is 0 Å². The van der Waals surface area contributed by atoms with Gasteiger partial charge in [-0.05, 0) is 59.9 Å². The lowest BCUT2D eigenvalue weighted by molar-refractivity contribution is -0.128. The Labute approximate surface area is 214 Å². The van der Waals surface area contributed by atoms with Gasteiger partial charge in [0.15, 0.2) is 0 Å². The first-order chi connectivity index (χ1) is 18.0. The molecular weight excluding hydrogens is 468 g/mol. The van der Waals surface area contributed by atoms with E-state index >= 15 is 0 Å². The monoisotopic (exact) mass is 496 g/mol. The van der Waals surface area contributed by atoms with Crippen molar-refractivity contribution in [2.75, 3.05) is 25.0 Å². The Hall–Kier alpha value is -4.53. The van der Waals surface area contributed by atoms with Gasteiger partial charge in [-0.3, -0.25) is 9.59 Å². The lowest BCUT2D eigenvalue weighted by Gasteiger charge is -2.16. The molecule has 9 nitrogen and oxygen atoms in total. The summed E-state index contributed by atoms with van der Waals surface area (Å²) in [6, 6.07) is 19.4. The van der Waals surface area contributed by atoms with E-state index < -0.39 is 5.91 Å². The summed E-state index contributed by atoms with van der Waals surface area (Å²) in [6.45, 7) is 3.84. The Kier molecular flexibility index (Phi) is 7.21. The highest BCUT2D eigenvalue weighted by Crippen LogP contribution is 2.29. The average molecular weight is 497 g/mol. The second-order valence-electron chi connectivity index (χ2n) is 8.98. The van der Waals surface area contributed by atoms with Crippen LogP contribution in [0.15, 0.2) is 66.9 Å². The number of hydrogen-bond donors (Lipinski definition) is 2. The van der Waals surface area contributed by atoms with Crippen molar-refractivity contribution < 1.29 is 14.3 Å². The molecule has 1 fully saturated rings. The Morgan fingerprint density at radius 3 is 2.78 bits per heavy atom. The molecule has 188 valence electrons. The minimum atomic E-state index is -0.415. The van der Waals surface area contributed by atoms with Crippen LogP contribution in [0.25, 0.3) is 11.1 Å². The van der Waals surface area contributed by atoms with Gasteiger partial charge in [0.2, 0.25) is 11.7 Å². The highest BCUT2D eigenvalue weighted by molar-refractivity contribution is 6.01. The predicted octanol–water partition coefficient (Wildman–Crippen LogP) is 4.02. The Morgan fingerprint density at radius 2 is 1.97 bits per heavy atom. The summed E-state index contributed by atoms with van der Waals surface area (Å²) in [7, 11) is 0. The molecule has 3 heterocycles. The number of likely N-dealkylation sites (tertiary alicyclic amines) is 1. The molecule has 4 aromatic rings. The van der Waals surface area contributed by atoms with Gasteiger partial charge in [-0.15, -0.1) is 10.2 Å². The van der Waals surface area contributed by atoms with E-state index in [1.807, 2.05) is 72.5 Å². The normalized spacial score (nSPS) is 13.1. The molecule has 2 aromatic heterocycles. The maximum absolute atomic E-state index is 12.8. The number of carbonyl (C=O) groups excluding carboxylic acids is 2. The van der Waals surface area contributed by atoms with E-state index in [-0.39, 0.29) is 11.7 Å². The summed E-state index contributed by atoms with van der Waals surface area (Å²) in [4.78, 5) is 33.7. The largest absolute Gasteiger partial charge is 0.492 e. The van der Waals surface area contributed by atoms with Crippen molar-refractivity contribution in [1.82, 2.24) is 25.1 Å². The molecule has 1 aliphatic heterocycles. The van der Waals surface area contributed by atoms with E-state index in [1.165, 1.54) is 0 Å². The molecule has 0 spiro atoms. The van der Waals surface area contributed by atoms with Crippen LogP contribution in [0.5, 0.6) is 5.75 Å². The lowest BCUT2D eigenvalue weighted by Crippen LogP contribution is -2.29. The number of nitrogens with one attached hydrogen (secondary N) is 2. The quantitative estimate of drug-likeness (QED) is 0.362. The zero-order chi connectivity index (χ0) is 25.6. The topological polar surface area (TPSA) is 113 Å². The summed E-state index contributed by atoms with van der Waals surface area (Å²) in [5.74, 6) is 1.64. The molecule has 0 radical (unpaired) electrons. The zero-order valence-electron chi connectivity index (χ0n) is 20.6. The Morgan fingerprint density at radius 1 is 1.11 bits per heavy atom. The van der Waals surface area contributed by atoms with Crippen molar-refractivity contribution >= 4 is 17.6 Å². The van der Waals surface area contributed by atoms with Crippen molar-refractivity contribution in [3.63, 3.8) is 0 Å². The summed E-state index contributed by atoms with van der Waals surface area (Å²) >= 11 is 0. The van der Waals surface area contributed by atoms with E-state index in [0.717, 1.165) is 41.0 Å². The molecule has 2 aromatic carbocycles. The van der Waals surface area contributed by atoms with Crippen molar-refractivity contribution in [2.45, 2.75) is 26.2 Å². The van der Waals surface area contributed by atoms with Crippen LogP contribution in [0.4, 0.5) is 5.82 Å². The standard InChI is InChI=1S/C28H28N6O3/c1-19-9-10-22(37-15-14-34-13-5-8-26(34)35)18-23(19)21-11-12-29-24(17-21)31-28(36)27-30-25(32-33-27)16-20-6-3-2-4-7-20/h2-4,6-7,9-12,17-18H,5,8,13-16H2,1H3,(H,29,31,36)(H,30,32,33). The third-order valence-electron chi connectivity index (χ3n) is 6.29. The smallest absolute Gasteiger partial charge is 0.294 e. The fraction of sp³-hybridized carbons (Fsp3) is 0.250. The number of hydrogen-bond acceptors (Lipinski definition) is 6. The van der Waals surface area contributed by atoms with Crippen LogP contribution in [0, 0.1) is 6.92 Å². The van der Waals surface area contributed by atoms with E-state index in [0.29, 0.717) is 37.6 Å². The van der Waals surface area contributed by atoms with E-state index in [4.69, 9.17) is 4.74 Å². The van der Waals surface area contributed by atoms with Gasteiger partial charge >= 0.3 is 0 Å². The molecule has 0 unspecified atom stereocenters. The van der Waals surface area contributed by atoms with Crippen LogP contribution in [-0.4, -0.2) is 56.6 Å². The van der Waals surface area contributed by atoms with Crippen LogP contribution in [0.2, 0.25) is 0 Å². The second kappa shape index (κ2) is 11.0. The maximum Gasteiger partial charge on any atom is 0.294 e. The molecule has 0 atom stereocenters. The lowest BCUT2D eigenvalue weighted by atomic mass is 10.0. The molecule has 9 heteroatoms. The van der Waals surface area contributed by atoms with Crippen LogP contribution in [-0.2, 0) is 11.2 Å². The van der Waals surface area contributed by atoms with Crippen LogP contribution in [0.1, 0.15) is 40.4 Å². The fourth-order valence-corrected chi connectivity index (χ4v) is 4.33. The van der Waals surface area contributed by atoms with Crippen molar-refractivity contribution in [3.05, 3.63) is 89.6 Å². The number of amides is 2. The molecule has 2 N–H and O–H groups in total. The number of nitrogens with zero attached hydrogens (tertiary/aromatic N) is 4. The van der Waals surface area contributed by atoms with Gasteiger partial charge in [0, 0.05) is 25.6 Å². The zero-order valence-corrected chi connectivity index (χ0v) is 20.6. The van der Waals surface area contributed by atoms with Gasteiger partial charge in [-0.25, -0.2) is 4.98 Å². The minimum absolute atomic E-state index is 0.126. The number of carbonyl (C=O) groups is 2. The summed E-state index contributed by atoms with van der Waals surface area (Å²) < 4.78 is 5.93. The van der Waals surface area contributed by atoms with E-state index in [9.17, 15) is 9.59 Å². The number of H-pyrrole nitrogens is 1. The van der Waals surface area contributed by atoms with Crippen molar-refractivity contribution in [2.24, 2.45) is 0 Å². The second-order valence-corrected chi connectivity index (χ2v) is 8.98. The molecule has 1 aliphatic rings. The van der Waals surface area contributed by atoms with Gasteiger partial charge in [0.1, 0.15) is 24.0 Å². The third-order valence-corrected chi connectivity index (χ3v) is 6.29. The summed E-state index contributed by atoms with van der Waals surface area (Å²) in [6.07, 6.45) is 3.75. The highest BCUT2D eigenvalue weighted by Gasteiger charge is 2.19. The first-order valence-corrected chi connectivity index (χ1v) is 12.3.